The van der Waals surface area contributed by atoms with Crippen LogP contribution in [-0.2, 0) is 4.79 Å². The molecule has 0 radical (unpaired) electrons. The molecule has 1 N–H and O–H groups in total. The molecule has 1 unspecified atom stereocenters. The lowest BCUT2D eigenvalue weighted by Gasteiger charge is -2.34. The van der Waals surface area contributed by atoms with E-state index >= 15 is 0 Å². The maximum atomic E-state index is 13.1. The fraction of sp³-hybridized carbons (Fsp3) is 0.222. The minimum absolute atomic E-state index is 0.0256. The summed E-state index contributed by atoms with van der Waals surface area (Å²) in [5.74, 6) is -0.558. The van der Waals surface area contributed by atoms with Gasteiger partial charge >= 0.3 is 0 Å². The molecule has 0 spiro atoms. The number of hydrogen-bond acceptors (Lipinski definition) is 5. The smallest absolute Gasteiger partial charge is 0.285 e. The number of benzene rings is 2. The number of fused-ring (bicyclic) bond motifs is 1. The summed E-state index contributed by atoms with van der Waals surface area (Å²) in [6.45, 7) is 1.54. The van der Waals surface area contributed by atoms with Gasteiger partial charge in [-0.05, 0) is 25.1 Å². The van der Waals surface area contributed by atoms with Crippen molar-refractivity contribution in [2.45, 2.75) is 13.0 Å². The zero-order chi connectivity index (χ0) is 18.8. The molecule has 0 aliphatic carbocycles. The van der Waals surface area contributed by atoms with Crippen LogP contribution in [0.4, 0.5) is 11.4 Å². The molecule has 134 valence electrons. The molecule has 1 aliphatic heterocycles. The Morgan fingerprint density at radius 1 is 1.23 bits per heavy atom. The molecule has 26 heavy (non-hydrogen) atoms. The van der Waals surface area contributed by atoms with Gasteiger partial charge in [0.1, 0.15) is 11.3 Å². The summed E-state index contributed by atoms with van der Waals surface area (Å²) in [6, 6.07) is 11.4. The van der Waals surface area contributed by atoms with E-state index in [2.05, 4.69) is 5.32 Å². The standard InChI is InChI=1S/C18H17N3O5/c1-11-6-5-7-12(16(11)21(24)25)18(23)20-10-15(17(22)19-2)26-14-9-4-3-8-13(14)20/h3-9,15H,10H2,1-2H3,(H,19,22). The van der Waals surface area contributed by atoms with Crippen molar-refractivity contribution >= 4 is 23.2 Å². The summed E-state index contributed by atoms with van der Waals surface area (Å²) >= 11 is 0. The molecule has 1 heterocycles. The molecule has 2 aromatic carbocycles. The van der Waals surface area contributed by atoms with Crippen LogP contribution in [-0.4, -0.2) is 36.4 Å². The van der Waals surface area contributed by atoms with Gasteiger partial charge in [-0.3, -0.25) is 19.7 Å². The van der Waals surface area contributed by atoms with Crippen LogP contribution in [0.1, 0.15) is 15.9 Å². The van der Waals surface area contributed by atoms with Crippen LogP contribution in [0.25, 0.3) is 0 Å². The van der Waals surface area contributed by atoms with Gasteiger partial charge in [-0.2, -0.15) is 0 Å². The van der Waals surface area contributed by atoms with Gasteiger partial charge in [0.05, 0.1) is 17.2 Å². The molecule has 2 amide bonds. The van der Waals surface area contributed by atoms with Crippen LogP contribution in [0.15, 0.2) is 42.5 Å². The highest BCUT2D eigenvalue weighted by molar-refractivity contribution is 6.10. The highest BCUT2D eigenvalue weighted by atomic mass is 16.6. The van der Waals surface area contributed by atoms with E-state index in [-0.39, 0.29) is 23.7 Å². The second kappa shape index (κ2) is 6.83. The Morgan fingerprint density at radius 3 is 2.65 bits per heavy atom. The van der Waals surface area contributed by atoms with Crippen molar-refractivity contribution in [3.63, 3.8) is 0 Å². The van der Waals surface area contributed by atoms with Gasteiger partial charge in [-0.1, -0.05) is 24.3 Å². The molecular formula is C18H17N3O5. The summed E-state index contributed by atoms with van der Waals surface area (Å²) in [7, 11) is 1.48. The van der Waals surface area contributed by atoms with Crippen molar-refractivity contribution in [3.8, 4) is 5.75 Å². The number of nitrogens with zero attached hydrogens (tertiary/aromatic N) is 2. The lowest BCUT2D eigenvalue weighted by Crippen LogP contribution is -2.50. The fourth-order valence-corrected chi connectivity index (χ4v) is 2.94. The third kappa shape index (κ3) is 2.97. The van der Waals surface area contributed by atoms with Crippen molar-refractivity contribution in [2.24, 2.45) is 0 Å². The van der Waals surface area contributed by atoms with Gasteiger partial charge in [0, 0.05) is 12.6 Å². The quantitative estimate of drug-likeness (QED) is 0.671. The summed E-state index contributed by atoms with van der Waals surface area (Å²) in [5, 5.41) is 13.9. The number of carbonyl (C=O) groups is 2. The minimum Gasteiger partial charge on any atom is -0.477 e. The average molecular weight is 355 g/mol. The highest BCUT2D eigenvalue weighted by Gasteiger charge is 2.36. The Kier molecular flexibility index (Phi) is 4.57. The molecule has 0 aromatic heterocycles. The largest absolute Gasteiger partial charge is 0.477 e. The first-order valence-electron chi connectivity index (χ1n) is 7.97. The summed E-state index contributed by atoms with van der Waals surface area (Å²) in [4.78, 5) is 37.4. The van der Waals surface area contributed by atoms with Crippen molar-refractivity contribution < 1.29 is 19.2 Å². The Hall–Kier alpha value is -3.42. The van der Waals surface area contributed by atoms with Gasteiger partial charge in [0.2, 0.25) is 0 Å². The number of amides is 2. The predicted molar refractivity (Wildman–Crippen MR) is 94.4 cm³/mol. The topological polar surface area (TPSA) is 102 Å². The number of ether oxygens (including phenoxy) is 1. The predicted octanol–water partition coefficient (Wildman–Crippen LogP) is 2.06. The van der Waals surface area contributed by atoms with Crippen LogP contribution >= 0.6 is 0 Å². The van der Waals surface area contributed by atoms with Gasteiger partial charge in [-0.15, -0.1) is 0 Å². The Morgan fingerprint density at radius 2 is 1.96 bits per heavy atom. The van der Waals surface area contributed by atoms with E-state index in [4.69, 9.17) is 4.74 Å². The van der Waals surface area contributed by atoms with E-state index in [0.29, 0.717) is 17.0 Å². The maximum absolute atomic E-state index is 13.1. The van der Waals surface area contributed by atoms with Crippen molar-refractivity contribution in [1.82, 2.24) is 5.32 Å². The molecule has 0 saturated heterocycles. The fourth-order valence-electron chi connectivity index (χ4n) is 2.94. The first-order valence-corrected chi connectivity index (χ1v) is 7.97. The zero-order valence-corrected chi connectivity index (χ0v) is 14.3. The normalized spacial score (nSPS) is 15.6. The van der Waals surface area contributed by atoms with E-state index in [1.54, 1.807) is 43.3 Å². The summed E-state index contributed by atoms with van der Waals surface area (Å²) in [6.07, 6.45) is -0.900. The molecule has 3 rings (SSSR count). The van der Waals surface area contributed by atoms with E-state index < -0.39 is 16.9 Å². The number of carbonyl (C=O) groups excluding carboxylic acids is 2. The monoisotopic (exact) mass is 355 g/mol. The van der Waals surface area contributed by atoms with E-state index in [0.717, 1.165) is 0 Å². The number of rotatable bonds is 3. The highest BCUT2D eigenvalue weighted by Crippen LogP contribution is 2.35. The number of aryl methyl sites for hydroxylation is 1. The number of nitrogens with one attached hydrogen (secondary N) is 1. The van der Waals surface area contributed by atoms with Crippen LogP contribution in [0.2, 0.25) is 0 Å². The maximum Gasteiger partial charge on any atom is 0.285 e. The zero-order valence-electron chi connectivity index (χ0n) is 14.3. The third-order valence-electron chi connectivity index (χ3n) is 4.21. The molecule has 0 saturated carbocycles. The van der Waals surface area contributed by atoms with Crippen molar-refractivity contribution in [3.05, 3.63) is 63.7 Å². The van der Waals surface area contributed by atoms with Crippen LogP contribution in [0.3, 0.4) is 0 Å². The van der Waals surface area contributed by atoms with Gasteiger partial charge < -0.3 is 15.0 Å². The first kappa shape index (κ1) is 17.4. The van der Waals surface area contributed by atoms with Gasteiger partial charge in [-0.25, -0.2) is 0 Å². The number of nitro groups is 1. The second-order valence-electron chi connectivity index (χ2n) is 5.83. The molecule has 1 aliphatic rings. The minimum atomic E-state index is -0.900. The molecular weight excluding hydrogens is 338 g/mol. The Labute approximate surface area is 149 Å². The number of nitro benzene ring substituents is 1. The van der Waals surface area contributed by atoms with E-state index in [9.17, 15) is 19.7 Å². The molecule has 0 fully saturated rings. The third-order valence-corrected chi connectivity index (χ3v) is 4.21. The summed E-state index contributed by atoms with van der Waals surface area (Å²) < 4.78 is 5.66. The number of hydrogen-bond donors (Lipinski definition) is 1. The number of likely N-dealkylation sites (N-methyl/N-ethyl adjacent to an activating group) is 1. The average Bonchev–Trinajstić information content (AvgIpc) is 2.65. The van der Waals surface area contributed by atoms with Crippen LogP contribution in [0.5, 0.6) is 5.75 Å². The van der Waals surface area contributed by atoms with Crippen molar-refractivity contribution in [1.29, 1.82) is 0 Å². The molecule has 1 atom stereocenters. The number of para-hydroxylation sites is 3. The second-order valence-corrected chi connectivity index (χ2v) is 5.83. The van der Waals surface area contributed by atoms with Crippen LogP contribution < -0.4 is 15.0 Å². The van der Waals surface area contributed by atoms with Gasteiger partial charge in [0.15, 0.2) is 6.10 Å². The molecule has 2 aromatic rings. The Bertz CT molecular complexity index is 896. The van der Waals surface area contributed by atoms with E-state index in [1.165, 1.54) is 18.0 Å². The molecule has 8 nitrogen and oxygen atoms in total. The Balaban J connectivity index is 2.08. The molecule has 8 heteroatoms. The van der Waals surface area contributed by atoms with Crippen molar-refractivity contribution in [2.75, 3.05) is 18.5 Å². The summed E-state index contributed by atoms with van der Waals surface area (Å²) in [5.41, 5.74) is 0.596. The first-order chi connectivity index (χ1) is 12.4. The lowest BCUT2D eigenvalue weighted by molar-refractivity contribution is -0.385. The van der Waals surface area contributed by atoms with E-state index in [1.807, 2.05) is 0 Å². The number of anilines is 1. The van der Waals surface area contributed by atoms with Crippen LogP contribution in [0, 0.1) is 17.0 Å². The SMILES string of the molecule is CNC(=O)C1CN(C(=O)c2cccc(C)c2[N+](=O)[O-])c2ccccc2O1. The lowest BCUT2D eigenvalue weighted by atomic mass is 10.1. The molecule has 0 bridgehead atoms. The van der Waals surface area contributed by atoms with Gasteiger partial charge in [0.25, 0.3) is 17.5 Å².